The summed E-state index contributed by atoms with van der Waals surface area (Å²) in [6.45, 7) is 0. The monoisotopic (exact) mass is 382 g/mol. The van der Waals surface area contributed by atoms with E-state index in [1.54, 1.807) is 24.3 Å². The molecule has 2 N–H and O–H groups in total. The molecule has 27 heavy (non-hydrogen) atoms. The van der Waals surface area contributed by atoms with E-state index in [0.29, 0.717) is 22.0 Å². The smallest absolute Gasteiger partial charge is 0.337 e. The summed E-state index contributed by atoms with van der Waals surface area (Å²) in [6.07, 6.45) is 1.45. The van der Waals surface area contributed by atoms with Crippen LogP contribution in [-0.2, 0) is 4.74 Å². The van der Waals surface area contributed by atoms with Crippen LogP contribution in [0.15, 0.2) is 60.8 Å². The van der Waals surface area contributed by atoms with Gasteiger partial charge in [-0.15, -0.1) is 0 Å². The van der Waals surface area contributed by atoms with Gasteiger partial charge in [0, 0.05) is 11.9 Å². The molecule has 0 aliphatic carbocycles. The minimum atomic E-state index is -0.494. The van der Waals surface area contributed by atoms with Crippen LogP contribution in [0.4, 0.5) is 17.3 Å². The number of methoxy groups -OCH3 is 1. The lowest BCUT2D eigenvalue weighted by Crippen LogP contribution is -2.14. The van der Waals surface area contributed by atoms with E-state index < -0.39 is 5.97 Å². The third-order valence-corrected chi connectivity index (χ3v) is 3.88. The quantitative estimate of drug-likeness (QED) is 0.650. The van der Waals surface area contributed by atoms with Crippen LogP contribution in [0.25, 0.3) is 0 Å². The number of benzene rings is 2. The molecule has 0 radical (unpaired) electrons. The molecule has 0 unspecified atom stereocenters. The Morgan fingerprint density at radius 1 is 1.07 bits per heavy atom. The van der Waals surface area contributed by atoms with Crippen molar-refractivity contribution in [3.05, 3.63) is 77.1 Å². The summed E-state index contributed by atoms with van der Waals surface area (Å²) in [4.78, 5) is 32.3. The largest absolute Gasteiger partial charge is 0.465 e. The zero-order valence-corrected chi connectivity index (χ0v) is 15.0. The number of aromatic nitrogens is 2. The molecule has 0 saturated heterocycles. The normalized spacial score (nSPS) is 10.1. The number of carbonyl (C=O) groups excluding carboxylic acids is 2. The molecule has 3 rings (SSSR count). The van der Waals surface area contributed by atoms with Gasteiger partial charge in [0.2, 0.25) is 5.95 Å². The number of carbonyl (C=O) groups is 2. The van der Waals surface area contributed by atoms with Gasteiger partial charge in [-0.2, -0.15) is 0 Å². The van der Waals surface area contributed by atoms with Crippen molar-refractivity contribution in [2.24, 2.45) is 0 Å². The highest BCUT2D eigenvalue weighted by Crippen LogP contribution is 2.25. The predicted molar refractivity (Wildman–Crippen MR) is 103 cm³/mol. The van der Waals surface area contributed by atoms with Crippen LogP contribution in [0.1, 0.15) is 20.8 Å². The number of esters is 1. The number of nitrogens with zero attached hydrogens (tertiary/aromatic N) is 2. The highest BCUT2D eigenvalue weighted by atomic mass is 35.5. The maximum absolute atomic E-state index is 12.4. The van der Waals surface area contributed by atoms with Crippen molar-refractivity contribution in [1.29, 1.82) is 0 Å². The fraction of sp³-hybridized carbons (Fsp3) is 0.0526. The molecular formula is C19H15ClN4O3. The Bertz CT molecular complexity index is 980. The van der Waals surface area contributed by atoms with Crippen LogP contribution in [0.2, 0.25) is 5.02 Å². The molecule has 1 amide bonds. The van der Waals surface area contributed by atoms with E-state index >= 15 is 0 Å². The minimum Gasteiger partial charge on any atom is -0.465 e. The number of hydrogen-bond donors (Lipinski definition) is 2. The summed E-state index contributed by atoms with van der Waals surface area (Å²) >= 11 is 6.15. The van der Waals surface area contributed by atoms with Gasteiger partial charge < -0.3 is 15.4 Å². The maximum Gasteiger partial charge on any atom is 0.337 e. The van der Waals surface area contributed by atoms with Crippen molar-refractivity contribution in [1.82, 2.24) is 9.97 Å². The number of para-hydroxylation sites is 1. The molecule has 2 aromatic carbocycles. The Hall–Kier alpha value is -3.45. The van der Waals surface area contributed by atoms with Crippen LogP contribution in [-0.4, -0.2) is 29.0 Å². The Balaban J connectivity index is 1.80. The van der Waals surface area contributed by atoms with E-state index in [0.717, 1.165) is 0 Å². The first-order chi connectivity index (χ1) is 13.1. The molecule has 0 aliphatic heterocycles. The van der Waals surface area contributed by atoms with Gasteiger partial charge in [0.1, 0.15) is 5.69 Å². The first kappa shape index (κ1) is 18.3. The number of rotatable bonds is 5. The van der Waals surface area contributed by atoms with E-state index in [9.17, 15) is 9.59 Å². The second kappa shape index (κ2) is 8.29. The highest BCUT2D eigenvalue weighted by Gasteiger charge is 2.12. The van der Waals surface area contributed by atoms with Crippen LogP contribution in [0, 0.1) is 0 Å². The van der Waals surface area contributed by atoms with E-state index in [2.05, 4.69) is 20.6 Å². The van der Waals surface area contributed by atoms with Crippen LogP contribution in [0.3, 0.4) is 0 Å². The summed E-state index contributed by atoms with van der Waals surface area (Å²) in [5, 5.41) is 6.02. The maximum atomic E-state index is 12.4. The number of anilines is 3. The van der Waals surface area contributed by atoms with Gasteiger partial charge in [0.25, 0.3) is 5.91 Å². The Morgan fingerprint density at radius 3 is 2.59 bits per heavy atom. The molecule has 8 heteroatoms. The van der Waals surface area contributed by atoms with Crippen molar-refractivity contribution >= 4 is 40.8 Å². The fourth-order valence-electron chi connectivity index (χ4n) is 2.25. The second-order valence-electron chi connectivity index (χ2n) is 5.40. The summed E-state index contributed by atoms with van der Waals surface area (Å²) in [6, 6.07) is 15.2. The predicted octanol–water partition coefficient (Wildman–Crippen LogP) is 3.91. The summed E-state index contributed by atoms with van der Waals surface area (Å²) in [5.74, 6) is -0.702. The molecule has 7 nitrogen and oxygen atoms in total. The molecule has 0 atom stereocenters. The van der Waals surface area contributed by atoms with Crippen molar-refractivity contribution in [2.75, 3.05) is 17.7 Å². The molecule has 3 aromatic rings. The number of amides is 1. The third kappa shape index (κ3) is 4.59. The molecule has 0 aliphatic rings. The molecule has 0 spiro atoms. The average molecular weight is 383 g/mol. The van der Waals surface area contributed by atoms with Crippen molar-refractivity contribution in [2.45, 2.75) is 0 Å². The highest BCUT2D eigenvalue weighted by molar-refractivity contribution is 6.33. The summed E-state index contributed by atoms with van der Waals surface area (Å²) in [7, 11) is 1.29. The van der Waals surface area contributed by atoms with Crippen LogP contribution < -0.4 is 10.6 Å². The van der Waals surface area contributed by atoms with Crippen molar-refractivity contribution < 1.29 is 14.3 Å². The molecule has 0 saturated carbocycles. The topological polar surface area (TPSA) is 93.2 Å². The standard InChI is InChI=1S/C19H15ClN4O3/c1-27-18(26)12-7-8-14(20)16(11-12)24-19-21-10-9-15(23-19)17(25)22-13-5-3-2-4-6-13/h2-11H,1H3,(H,22,25)(H,21,23,24). The molecular weight excluding hydrogens is 368 g/mol. The molecule has 0 fully saturated rings. The molecule has 0 bridgehead atoms. The fourth-order valence-corrected chi connectivity index (χ4v) is 2.41. The number of ether oxygens (including phenoxy) is 1. The lowest BCUT2D eigenvalue weighted by atomic mass is 10.2. The minimum absolute atomic E-state index is 0.166. The molecule has 1 aromatic heterocycles. The first-order valence-electron chi connectivity index (χ1n) is 7.91. The van der Waals surface area contributed by atoms with E-state index in [4.69, 9.17) is 16.3 Å². The van der Waals surface area contributed by atoms with Gasteiger partial charge in [-0.1, -0.05) is 29.8 Å². The van der Waals surface area contributed by atoms with Gasteiger partial charge in [0.05, 0.1) is 23.4 Å². The van der Waals surface area contributed by atoms with E-state index in [1.807, 2.05) is 18.2 Å². The Labute approximate surface area is 160 Å². The molecule has 1 heterocycles. The van der Waals surface area contributed by atoms with Gasteiger partial charge >= 0.3 is 5.97 Å². The van der Waals surface area contributed by atoms with Gasteiger partial charge in [-0.25, -0.2) is 14.8 Å². The lowest BCUT2D eigenvalue weighted by Gasteiger charge is -2.10. The van der Waals surface area contributed by atoms with Gasteiger partial charge in [-0.3, -0.25) is 4.79 Å². The average Bonchev–Trinajstić information content (AvgIpc) is 2.70. The van der Waals surface area contributed by atoms with E-state index in [-0.39, 0.29) is 17.5 Å². The third-order valence-electron chi connectivity index (χ3n) is 3.55. The van der Waals surface area contributed by atoms with Crippen molar-refractivity contribution in [3.8, 4) is 0 Å². The number of hydrogen-bond acceptors (Lipinski definition) is 6. The SMILES string of the molecule is COC(=O)c1ccc(Cl)c(Nc2nccc(C(=O)Nc3ccccc3)n2)c1. The summed E-state index contributed by atoms with van der Waals surface area (Å²) < 4.78 is 4.69. The van der Waals surface area contributed by atoms with Gasteiger partial charge in [0.15, 0.2) is 0 Å². The van der Waals surface area contributed by atoms with Crippen LogP contribution in [0.5, 0.6) is 0 Å². The van der Waals surface area contributed by atoms with E-state index in [1.165, 1.54) is 25.4 Å². The zero-order valence-electron chi connectivity index (χ0n) is 14.3. The Kier molecular flexibility index (Phi) is 5.63. The first-order valence-corrected chi connectivity index (χ1v) is 8.29. The second-order valence-corrected chi connectivity index (χ2v) is 5.80. The number of nitrogens with one attached hydrogen (secondary N) is 2. The molecule has 136 valence electrons. The van der Waals surface area contributed by atoms with Crippen molar-refractivity contribution in [3.63, 3.8) is 0 Å². The Morgan fingerprint density at radius 2 is 1.85 bits per heavy atom. The van der Waals surface area contributed by atoms with Gasteiger partial charge in [-0.05, 0) is 36.4 Å². The number of halogens is 1. The lowest BCUT2D eigenvalue weighted by molar-refractivity contribution is 0.0600. The zero-order chi connectivity index (χ0) is 19.2. The summed E-state index contributed by atoms with van der Waals surface area (Å²) in [5.41, 5.74) is 1.57. The van der Waals surface area contributed by atoms with Crippen LogP contribution >= 0.6 is 11.6 Å².